The standard InChI is InChI=1S/C23H35N/c1-6-24-16-20(5)22-14-10-11-17(2)23(22)19(4)15-18(3)21-12-8-7-9-13-21/h6,10-11,14,16,18-19,21H,7-9,12-13,15H2,1-5H3/b20-16+,24-6?. The van der Waals surface area contributed by atoms with E-state index in [1.807, 2.05) is 19.3 Å². The highest BCUT2D eigenvalue weighted by atomic mass is 14.7. The van der Waals surface area contributed by atoms with E-state index in [0.29, 0.717) is 5.92 Å². The summed E-state index contributed by atoms with van der Waals surface area (Å²) in [6, 6.07) is 6.70. The molecule has 1 nitrogen and oxygen atoms in total. The van der Waals surface area contributed by atoms with Gasteiger partial charge in [0, 0.05) is 12.4 Å². The molecule has 2 unspecified atom stereocenters. The average Bonchev–Trinajstić information content (AvgIpc) is 2.59. The number of nitrogens with zero attached hydrogens (tertiary/aromatic N) is 1. The van der Waals surface area contributed by atoms with Crippen molar-refractivity contribution in [2.75, 3.05) is 0 Å². The van der Waals surface area contributed by atoms with Crippen LogP contribution in [-0.4, -0.2) is 6.21 Å². The second-order valence-electron chi connectivity index (χ2n) is 7.77. The number of hydrogen-bond acceptors (Lipinski definition) is 1. The lowest BCUT2D eigenvalue weighted by molar-refractivity contribution is 0.243. The fourth-order valence-corrected chi connectivity index (χ4v) is 4.51. The zero-order valence-corrected chi connectivity index (χ0v) is 16.3. The highest BCUT2D eigenvalue weighted by molar-refractivity contribution is 5.69. The first-order valence-electron chi connectivity index (χ1n) is 9.79. The maximum Gasteiger partial charge on any atom is 0.0299 e. The summed E-state index contributed by atoms with van der Waals surface area (Å²) in [5.41, 5.74) is 5.59. The zero-order valence-electron chi connectivity index (χ0n) is 16.3. The van der Waals surface area contributed by atoms with Crippen LogP contribution in [0.5, 0.6) is 0 Å². The van der Waals surface area contributed by atoms with Crippen molar-refractivity contribution in [3.63, 3.8) is 0 Å². The Bertz CT molecular complexity index is 576. The van der Waals surface area contributed by atoms with E-state index in [4.69, 9.17) is 0 Å². The van der Waals surface area contributed by atoms with Gasteiger partial charge in [0.2, 0.25) is 0 Å². The molecule has 1 saturated carbocycles. The third-order valence-corrected chi connectivity index (χ3v) is 5.84. The number of rotatable bonds is 6. The van der Waals surface area contributed by atoms with Gasteiger partial charge in [0.1, 0.15) is 0 Å². The van der Waals surface area contributed by atoms with Crippen molar-refractivity contribution in [2.24, 2.45) is 16.8 Å². The molecule has 1 fully saturated rings. The quantitative estimate of drug-likeness (QED) is 0.492. The van der Waals surface area contributed by atoms with Crippen LogP contribution in [0.2, 0.25) is 0 Å². The Balaban J connectivity index is 2.20. The summed E-state index contributed by atoms with van der Waals surface area (Å²) in [7, 11) is 0. The highest BCUT2D eigenvalue weighted by Gasteiger charge is 2.23. The molecule has 0 saturated heterocycles. The van der Waals surface area contributed by atoms with Gasteiger partial charge >= 0.3 is 0 Å². The Labute approximate surface area is 149 Å². The average molecular weight is 326 g/mol. The molecular formula is C23H35N. The lowest BCUT2D eigenvalue weighted by Gasteiger charge is -2.30. The van der Waals surface area contributed by atoms with Gasteiger partial charge in [0.05, 0.1) is 0 Å². The normalized spacial score (nSPS) is 19.6. The Hall–Kier alpha value is -1.37. The van der Waals surface area contributed by atoms with Gasteiger partial charge in [-0.15, -0.1) is 0 Å². The Morgan fingerprint density at radius 1 is 1.21 bits per heavy atom. The molecule has 132 valence electrons. The molecule has 1 aromatic carbocycles. The Morgan fingerprint density at radius 3 is 2.58 bits per heavy atom. The van der Waals surface area contributed by atoms with Crippen molar-refractivity contribution >= 4 is 11.8 Å². The molecule has 0 N–H and O–H groups in total. The van der Waals surface area contributed by atoms with Crippen molar-refractivity contribution in [3.05, 3.63) is 41.1 Å². The first kappa shape index (κ1) is 19.0. The van der Waals surface area contributed by atoms with Crippen LogP contribution in [0.4, 0.5) is 0 Å². The minimum absolute atomic E-state index is 0.604. The monoisotopic (exact) mass is 325 g/mol. The predicted molar refractivity (Wildman–Crippen MR) is 108 cm³/mol. The van der Waals surface area contributed by atoms with Gasteiger partial charge in [0.25, 0.3) is 0 Å². The van der Waals surface area contributed by atoms with Crippen LogP contribution >= 0.6 is 0 Å². The number of aryl methyl sites for hydroxylation is 1. The fourth-order valence-electron chi connectivity index (χ4n) is 4.51. The van der Waals surface area contributed by atoms with Crippen LogP contribution in [0.15, 0.2) is 29.4 Å². The summed E-state index contributed by atoms with van der Waals surface area (Å²) in [4.78, 5) is 4.33. The molecule has 0 bridgehead atoms. The second kappa shape index (κ2) is 9.20. The third kappa shape index (κ3) is 4.82. The summed E-state index contributed by atoms with van der Waals surface area (Å²) in [5, 5.41) is 0. The summed E-state index contributed by atoms with van der Waals surface area (Å²) in [6.07, 6.45) is 12.4. The maximum absolute atomic E-state index is 4.33. The van der Waals surface area contributed by atoms with Gasteiger partial charge in [-0.2, -0.15) is 0 Å². The minimum atomic E-state index is 0.604. The summed E-state index contributed by atoms with van der Waals surface area (Å²) in [5.74, 6) is 2.37. The smallest absolute Gasteiger partial charge is 0.0299 e. The number of hydrogen-bond donors (Lipinski definition) is 0. The van der Waals surface area contributed by atoms with Gasteiger partial charge < -0.3 is 0 Å². The lowest BCUT2D eigenvalue weighted by Crippen LogP contribution is -2.17. The van der Waals surface area contributed by atoms with Crippen LogP contribution in [0.1, 0.15) is 88.8 Å². The van der Waals surface area contributed by atoms with E-state index in [0.717, 1.165) is 11.8 Å². The molecule has 1 aliphatic carbocycles. The van der Waals surface area contributed by atoms with Crippen molar-refractivity contribution < 1.29 is 0 Å². The predicted octanol–water partition coefficient (Wildman–Crippen LogP) is 7.16. The maximum atomic E-state index is 4.33. The van der Waals surface area contributed by atoms with Crippen LogP contribution < -0.4 is 0 Å². The van der Waals surface area contributed by atoms with Gasteiger partial charge in [-0.3, -0.25) is 4.99 Å². The molecular weight excluding hydrogens is 290 g/mol. The van der Waals surface area contributed by atoms with E-state index in [-0.39, 0.29) is 0 Å². The molecule has 0 spiro atoms. The second-order valence-corrected chi connectivity index (χ2v) is 7.77. The van der Waals surface area contributed by atoms with Crippen molar-refractivity contribution in [1.82, 2.24) is 0 Å². The topological polar surface area (TPSA) is 12.4 Å². The molecule has 1 aromatic rings. The molecule has 2 rings (SSSR count). The molecule has 0 radical (unpaired) electrons. The first-order chi connectivity index (χ1) is 11.5. The summed E-state index contributed by atoms with van der Waals surface area (Å²) >= 11 is 0. The molecule has 0 aliphatic heterocycles. The van der Waals surface area contributed by atoms with Crippen molar-refractivity contribution in [1.29, 1.82) is 0 Å². The van der Waals surface area contributed by atoms with Crippen molar-refractivity contribution in [2.45, 2.75) is 79.1 Å². The molecule has 2 atom stereocenters. The van der Waals surface area contributed by atoms with Crippen LogP contribution in [0, 0.1) is 18.8 Å². The molecule has 1 heteroatoms. The van der Waals surface area contributed by atoms with Crippen LogP contribution in [0.3, 0.4) is 0 Å². The largest absolute Gasteiger partial charge is 0.269 e. The van der Waals surface area contributed by atoms with Crippen LogP contribution in [0.25, 0.3) is 5.57 Å². The van der Waals surface area contributed by atoms with E-state index in [1.165, 1.54) is 60.8 Å². The molecule has 1 aliphatic rings. The van der Waals surface area contributed by atoms with E-state index >= 15 is 0 Å². The molecule has 24 heavy (non-hydrogen) atoms. The molecule has 0 amide bonds. The van der Waals surface area contributed by atoms with E-state index in [1.54, 1.807) is 0 Å². The Kier molecular flexibility index (Phi) is 7.27. The fraction of sp³-hybridized carbons (Fsp3) is 0.609. The molecule has 0 heterocycles. The first-order valence-corrected chi connectivity index (χ1v) is 9.79. The number of allylic oxidation sites excluding steroid dienone is 1. The van der Waals surface area contributed by atoms with Crippen molar-refractivity contribution in [3.8, 4) is 0 Å². The van der Waals surface area contributed by atoms with E-state index in [9.17, 15) is 0 Å². The van der Waals surface area contributed by atoms with Crippen LogP contribution in [-0.2, 0) is 0 Å². The SMILES string of the molecule is CC=N/C=C(\C)c1cccc(C)c1C(C)CC(C)C1CCCCC1. The van der Waals surface area contributed by atoms with Gasteiger partial charge in [-0.05, 0) is 67.2 Å². The minimum Gasteiger partial charge on any atom is -0.269 e. The van der Waals surface area contributed by atoms with E-state index in [2.05, 4.69) is 50.9 Å². The number of aliphatic imine (C=N–C) groups is 1. The lowest BCUT2D eigenvalue weighted by atomic mass is 9.75. The van der Waals surface area contributed by atoms with Gasteiger partial charge in [-0.1, -0.05) is 64.2 Å². The van der Waals surface area contributed by atoms with Gasteiger partial charge in [-0.25, -0.2) is 0 Å². The third-order valence-electron chi connectivity index (χ3n) is 5.84. The van der Waals surface area contributed by atoms with Gasteiger partial charge in [0.15, 0.2) is 0 Å². The summed E-state index contributed by atoms with van der Waals surface area (Å²) < 4.78 is 0. The Morgan fingerprint density at radius 2 is 1.92 bits per heavy atom. The van der Waals surface area contributed by atoms with E-state index < -0.39 is 0 Å². The zero-order chi connectivity index (χ0) is 17.5. The summed E-state index contributed by atoms with van der Waals surface area (Å²) in [6.45, 7) is 11.3. The highest BCUT2D eigenvalue weighted by Crippen LogP contribution is 2.38. The number of benzene rings is 1. The molecule has 0 aromatic heterocycles.